The van der Waals surface area contributed by atoms with Crippen molar-refractivity contribution in [3.63, 3.8) is 0 Å². The van der Waals surface area contributed by atoms with Gasteiger partial charge in [0.1, 0.15) is 0 Å². The van der Waals surface area contributed by atoms with Gasteiger partial charge in [-0.2, -0.15) is 5.10 Å². The van der Waals surface area contributed by atoms with E-state index in [0.717, 1.165) is 17.8 Å². The van der Waals surface area contributed by atoms with Crippen LogP contribution < -0.4 is 5.01 Å². The Kier molecular flexibility index (Phi) is 3.44. The summed E-state index contributed by atoms with van der Waals surface area (Å²) in [6, 6.07) is 17.2. The van der Waals surface area contributed by atoms with Crippen molar-refractivity contribution in [2.75, 3.05) is 5.01 Å². The Labute approximate surface area is 123 Å². The predicted molar refractivity (Wildman–Crippen MR) is 82.8 cm³/mol. The predicted octanol–water partition coefficient (Wildman–Crippen LogP) is 3.71. The van der Waals surface area contributed by atoms with Crippen molar-refractivity contribution < 1.29 is 9.90 Å². The number of anilines is 1. The number of hydrogen-bond acceptors (Lipinski definition) is 3. The molecule has 2 aromatic carbocycles. The second kappa shape index (κ2) is 5.40. The molecule has 1 aliphatic heterocycles. The van der Waals surface area contributed by atoms with Crippen molar-refractivity contribution in [1.29, 1.82) is 0 Å². The van der Waals surface area contributed by atoms with E-state index >= 15 is 0 Å². The number of carbonyl (C=O) groups is 1. The first-order valence-electron chi connectivity index (χ1n) is 6.87. The van der Waals surface area contributed by atoms with E-state index in [9.17, 15) is 4.79 Å². The van der Waals surface area contributed by atoms with Crippen molar-refractivity contribution in [2.45, 2.75) is 19.4 Å². The maximum Gasteiger partial charge on any atom is 0.335 e. The lowest BCUT2D eigenvalue weighted by atomic mass is 10.0. The molecule has 3 rings (SSSR count). The summed E-state index contributed by atoms with van der Waals surface area (Å²) in [5.41, 5.74) is 3.48. The van der Waals surface area contributed by atoms with E-state index in [-0.39, 0.29) is 11.6 Å². The van der Waals surface area contributed by atoms with Gasteiger partial charge in [0.15, 0.2) is 0 Å². The number of hydrogen-bond donors (Lipinski definition) is 1. The van der Waals surface area contributed by atoms with Crippen LogP contribution in [0.4, 0.5) is 5.69 Å². The zero-order chi connectivity index (χ0) is 14.8. The Morgan fingerprint density at radius 2 is 1.81 bits per heavy atom. The van der Waals surface area contributed by atoms with Crippen LogP contribution in [0.5, 0.6) is 0 Å². The molecular weight excluding hydrogens is 264 g/mol. The minimum atomic E-state index is -0.915. The van der Waals surface area contributed by atoms with E-state index in [1.165, 1.54) is 5.56 Å². The van der Waals surface area contributed by atoms with Crippen molar-refractivity contribution in [3.8, 4) is 0 Å². The molecule has 1 aliphatic rings. The second-order valence-corrected chi connectivity index (χ2v) is 5.16. The van der Waals surface area contributed by atoms with E-state index in [1.54, 1.807) is 12.1 Å². The van der Waals surface area contributed by atoms with Crippen molar-refractivity contribution in [2.24, 2.45) is 5.10 Å². The highest BCUT2D eigenvalue weighted by Crippen LogP contribution is 2.34. The van der Waals surface area contributed by atoms with E-state index in [4.69, 9.17) is 5.11 Å². The van der Waals surface area contributed by atoms with Crippen molar-refractivity contribution in [1.82, 2.24) is 0 Å². The van der Waals surface area contributed by atoms with Crippen LogP contribution in [0.3, 0.4) is 0 Å². The fourth-order valence-corrected chi connectivity index (χ4v) is 2.59. The molecule has 1 heterocycles. The molecule has 21 heavy (non-hydrogen) atoms. The number of rotatable bonds is 3. The lowest BCUT2D eigenvalue weighted by molar-refractivity contribution is 0.0697. The normalized spacial score (nSPS) is 17.7. The molecule has 4 nitrogen and oxygen atoms in total. The van der Waals surface area contributed by atoms with Crippen LogP contribution in [0.2, 0.25) is 0 Å². The molecule has 0 fully saturated rings. The summed E-state index contributed by atoms with van der Waals surface area (Å²) in [4.78, 5) is 10.9. The van der Waals surface area contributed by atoms with E-state index in [2.05, 4.69) is 17.2 Å². The summed E-state index contributed by atoms with van der Waals surface area (Å²) in [6.07, 6.45) is 0.880. The molecule has 2 aromatic rings. The zero-order valence-corrected chi connectivity index (χ0v) is 11.7. The summed E-state index contributed by atoms with van der Waals surface area (Å²) < 4.78 is 0. The summed E-state index contributed by atoms with van der Waals surface area (Å²) >= 11 is 0. The number of aromatic carboxylic acids is 1. The molecule has 0 saturated carbocycles. The Hall–Kier alpha value is -2.62. The molecule has 0 amide bonds. The first kappa shape index (κ1) is 13.4. The topological polar surface area (TPSA) is 52.9 Å². The van der Waals surface area contributed by atoms with Crippen LogP contribution >= 0.6 is 0 Å². The maximum absolute atomic E-state index is 10.9. The highest BCUT2D eigenvalue weighted by atomic mass is 16.4. The molecule has 1 atom stereocenters. The molecule has 1 N–H and O–H groups in total. The lowest BCUT2D eigenvalue weighted by Crippen LogP contribution is -2.18. The number of carboxylic acids is 1. The average Bonchev–Trinajstić information content (AvgIpc) is 2.90. The fourth-order valence-electron chi connectivity index (χ4n) is 2.59. The zero-order valence-electron chi connectivity index (χ0n) is 11.7. The smallest absolute Gasteiger partial charge is 0.335 e. The first-order valence-corrected chi connectivity index (χ1v) is 6.87. The van der Waals surface area contributed by atoms with Crippen LogP contribution in [-0.2, 0) is 0 Å². The van der Waals surface area contributed by atoms with Gasteiger partial charge in [-0.3, -0.25) is 5.01 Å². The SMILES string of the molecule is CC1=NN(c2ccc(C(=O)O)cc2)C(c2ccccc2)C1. The molecule has 0 spiro atoms. The van der Waals surface area contributed by atoms with Crippen LogP contribution in [0.25, 0.3) is 0 Å². The maximum atomic E-state index is 10.9. The Balaban J connectivity index is 1.93. The van der Waals surface area contributed by atoms with E-state index in [1.807, 2.05) is 42.3 Å². The number of benzene rings is 2. The highest BCUT2D eigenvalue weighted by molar-refractivity contribution is 5.89. The first-order chi connectivity index (χ1) is 10.1. The average molecular weight is 280 g/mol. The molecule has 4 heteroatoms. The molecule has 0 aromatic heterocycles. The van der Waals surface area contributed by atoms with Gasteiger partial charge >= 0.3 is 5.97 Å². The molecule has 106 valence electrons. The number of hydrazone groups is 1. The molecule has 0 bridgehead atoms. The quantitative estimate of drug-likeness (QED) is 0.932. The van der Waals surface area contributed by atoms with Crippen LogP contribution in [0.1, 0.15) is 35.3 Å². The molecule has 0 radical (unpaired) electrons. The van der Waals surface area contributed by atoms with Crippen LogP contribution in [0.15, 0.2) is 59.7 Å². The number of nitrogens with zero attached hydrogens (tertiary/aromatic N) is 2. The van der Waals surface area contributed by atoms with E-state index < -0.39 is 5.97 Å². The van der Waals surface area contributed by atoms with Gasteiger partial charge in [-0.05, 0) is 36.8 Å². The number of carboxylic acid groups (broad SMARTS) is 1. The second-order valence-electron chi connectivity index (χ2n) is 5.16. The minimum absolute atomic E-state index is 0.168. The van der Waals surface area contributed by atoms with Gasteiger partial charge in [-0.15, -0.1) is 0 Å². The van der Waals surface area contributed by atoms with Gasteiger partial charge in [0, 0.05) is 12.1 Å². The fraction of sp³-hybridized carbons (Fsp3) is 0.176. The molecule has 0 aliphatic carbocycles. The Morgan fingerprint density at radius 1 is 1.14 bits per heavy atom. The minimum Gasteiger partial charge on any atom is -0.478 e. The summed E-state index contributed by atoms with van der Waals surface area (Å²) in [5.74, 6) is -0.915. The summed E-state index contributed by atoms with van der Waals surface area (Å²) in [6.45, 7) is 2.02. The van der Waals surface area contributed by atoms with E-state index in [0.29, 0.717) is 0 Å². The lowest BCUT2D eigenvalue weighted by Gasteiger charge is -2.24. The van der Waals surface area contributed by atoms with Gasteiger partial charge in [0.2, 0.25) is 0 Å². The van der Waals surface area contributed by atoms with Crippen molar-refractivity contribution >= 4 is 17.4 Å². The van der Waals surface area contributed by atoms with Gasteiger partial charge in [-0.25, -0.2) is 4.79 Å². The third-order valence-corrected chi connectivity index (χ3v) is 3.63. The molecular formula is C17H16N2O2. The monoisotopic (exact) mass is 280 g/mol. The largest absolute Gasteiger partial charge is 0.478 e. The highest BCUT2D eigenvalue weighted by Gasteiger charge is 2.27. The van der Waals surface area contributed by atoms with Crippen molar-refractivity contribution in [3.05, 3.63) is 65.7 Å². The van der Waals surface area contributed by atoms with Crippen LogP contribution in [-0.4, -0.2) is 16.8 Å². The van der Waals surface area contributed by atoms with Gasteiger partial charge in [0.05, 0.1) is 17.3 Å². The van der Waals surface area contributed by atoms with Crippen LogP contribution in [0, 0.1) is 0 Å². The Bertz CT molecular complexity index is 678. The standard InChI is InChI=1S/C17H16N2O2/c1-12-11-16(13-5-3-2-4-6-13)19(18-12)15-9-7-14(8-10-15)17(20)21/h2-10,16H,11H2,1H3,(H,20,21). The molecule has 1 unspecified atom stereocenters. The Morgan fingerprint density at radius 3 is 2.43 bits per heavy atom. The van der Waals surface area contributed by atoms with Gasteiger partial charge in [-0.1, -0.05) is 30.3 Å². The van der Waals surface area contributed by atoms with Gasteiger partial charge < -0.3 is 5.11 Å². The third kappa shape index (κ3) is 2.65. The molecule has 0 saturated heterocycles. The summed E-state index contributed by atoms with van der Waals surface area (Å²) in [5, 5.41) is 15.5. The van der Waals surface area contributed by atoms with Gasteiger partial charge in [0.25, 0.3) is 0 Å². The summed E-state index contributed by atoms with van der Waals surface area (Å²) in [7, 11) is 0. The third-order valence-electron chi connectivity index (χ3n) is 3.63.